The van der Waals surface area contributed by atoms with Crippen LogP contribution in [0.2, 0.25) is 0 Å². The molecule has 0 aliphatic carbocycles. The van der Waals surface area contributed by atoms with E-state index in [0.29, 0.717) is 0 Å². The third-order valence-electron chi connectivity index (χ3n) is 12.9. The van der Waals surface area contributed by atoms with Gasteiger partial charge in [0.2, 0.25) is 0 Å². The molecule has 0 radical (unpaired) electrons. The summed E-state index contributed by atoms with van der Waals surface area (Å²) in [6.45, 7) is 12.7. The van der Waals surface area contributed by atoms with Gasteiger partial charge in [0, 0.05) is 93.2 Å². The lowest BCUT2D eigenvalue weighted by Gasteiger charge is -2.10. The Morgan fingerprint density at radius 1 is 0.309 bits per heavy atom. The number of unbranched alkanes of at least 4 members (excludes halogenated alkanes) is 4. The van der Waals surface area contributed by atoms with Crippen LogP contribution in [-0.4, -0.2) is 46.1 Å². The highest BCUT2D eigenvalue weighted by molar-refractivity contribution is 6.00. The molecule has 0 atom stereocenters. The first kappa shape index (κ1) is 45.8. The second-order valence-corrected chi connectivity index (χ2v) is 17.9. The van der Waals surface area contributed by atoms with Crippen LogP contribution in [0.4, 0.5) is 22.7 Å². The molecule has 2 aliphatic heterocycles. The normalized spacial score (nSPS) is 11.8. The fourth-order valence-electron chi connectivity index (χ4n) is 9.08. The van der Waals surface area contributed by atoms with Crippen molar-refractivity contribution >= 4 is 69.1 Å². The van der Waals surface area contributed by atoms with E-state index in [1.165, 1.54) is 0 Å². The monoisotopic (exact) mass is 899 g/mol. The van der Waals surface area contributed by atoms with Gasteiger partial charge in [-0.05, 0) is 145 Å². The van der Waals surface area contributed by atoms with Crippen LogP contribution in [0.5, 0.6) is 0 Å². The molecular weight excluding hydrogens is 833 g/mol. The summed E-state index contributed by atoms with van der Waals surface area (Å²) in [5.41, 5.74) is 20.4. The standard InChI is InChI=1S/C60H66N8/c1-5-9-37-61-45-21-13-41(14-22-45)57-49-29-31-51(65-49)58(42-15-23-46(24-16-42)62-38-10-6-2)53-33-35-55(67-53)60(44-19-27-48(28-20-44)64-40-12-8-4)56-36-34-54(68-56)59(52-32-30-50(57)66-52)43-17-25-47(26-18-43)63-39-11-7-3/h13-36,61-65,68H,5-12,37-40H2,1-4H3. The first-order valence-electron chi connectivity index (χ1n) is 25.1. The van der Waals surface area contributed by atoms with Crippen LogP contribution in [-0.2, 0) is 0 Å². The van der Waals surface area contributed by atoms with E-state index in [-0.39, 0.29) is 0 Å². The van der Waals surface area contributed by atoms with Gasteiger partial charge in [0.25, 0.3) is 0 Å². The van der Waals surface area contributed by atoms with Gasteiger partial charge in [-0.3, -0.25) is 0 Å². The van der Waals surface area contributed by atoms with Gasteiger partial charge in [0.15, 0.2) is 0 Å². The van der Waals surface area contributed by atoms with Crippen molar-refractivity contribution in [3.05, 3.63) is 144 Å². The Labute approximate surface area is 402 Å². The van der Waals surface area contributed by atoms with Crippen molar-refractivity contribution in [1.29, 1.82) is 0 Å². The number of benzene rings is 4. The lowest BCUT2D eigenvalue weighted by Crippen LogP contribution is -2.00. The average molecular weight is 899 g/mol. The van der Waals surface area contributed by atoms with Crippen molar-refractivity contribution < 1.29 is 0 Å². The number of fused-ring (bicyclic) bond motifs is 8. The Morgan fingerprint density at radius 2 is 0.529 bits per heavy atom. The molecule has 0 saturated heterocycles. The molecule has 7 aromatic rings. The summed E-state index contributed by atoms with van der Waals surface area (Å²) in [4.78, 5) is 18.9. The second kappa shape index (κ2) is 22.0. The van der Waals surface area contributed by atoms with Crippen molar-refractivity contribution in [2.45, 2.75) is 79.1 Å². The van der Waals surface area contributed by atoms with E-state index in [4.69, 9.17) is 9.97 Å². The van der Waals surface area contributed by atoms with E-state index in [9.17, 15) is 0 Å². The Balaban J connectivity index is 1.31. The summed E-state index contributed by atoms with van der Waals surface area (Å²) in [6.07, 6.45) is 17.8. The van der Waals surface area contributed by atoms with E-state index in [2.05, 4.69) is 205 Å². The highest BCUT2D eigenvalue weighted by Gasteiger charge is 2.19. The predicted octanol–water partition coefficient (Wildman–Crippen LogP) is 16.2. The minimum absolute atomic E-state index is 0.895. The van der Waals surface area contributed by atoms with E-state index in [1.54, 1.807) is 0 Å². The maximum absolute atomic E-state index is 5.55. The van der Waals surface area contributed by atoms with Crippen molar-refractivity contribution in [2.24, 2.45) is 0 Å². The second-order valence-electron chi connectivity index (χ2n) is 17.9. The molecule has 0 fully saturated rings. The van der Waals surface area contributed by atoms with Gasteiger partial charge in [0.1, 0.15) is 0 Å². The average Bonchev–Trinajstić information content (AvgIpc) is 4.23. The van der Waals surface area contributed by atoms with E-state index in [1.807, 2.05) is 0 Å². The molecule has 8 nitrogen and oxygen atoms in total. The fraction of sp³-hybridized carbons (Fsp3) is 0.267. The van der Waals surface area contributed by atoms with Gasteiger partial charge in [-0.15, -0.1) is 0 Å². The molecule has 68 heavy (non-hydrogen) atoms. The minimum atomic E-state index is 0.895. The van der Waals surface area contributed by atoms with Gasteiger partial charge in [-0.1, -0.05) is 102 Å². The van der Waals surface area contributed by atoms with Crippen LogP contribution in [0.3, 0.4) is 0 Å². The molecule has 0 spiro atoms. The number of rotatable bonds is 20. The smallest absolute Gasteiger partial charge is 0.0737 e. The van der Waals surface area contributed by atoms with Crippen molar-refractivity contribution in [3.8, 4) is 44.5 Å². The molecule has 8 bridgehead atoms. The number of aromatic amines is 2. The number of hydrogen-bond donors (Lipinski definition) is 6. The summed E-state index contributed by atoms with van der Waals surface area (Å²) in [5, 5.41) is 14.4. The number of nitrogens with zero attached hydrogens (tertiary/aromatic N) is 2. The molecule has 3 aromatic heterocycles. The quantitative estimate of drug-likeness (QED) is 0.0426. The van der Waals surface area contributed by atoms with Crippen molar-refractivity contribution in [2.75, 3.05) is 47.4 Å². The van der Waals surface area contributed by atoms with Gasteiger partial charge in [-0.2, -0.15) is 0 Å². The van der Waals surface area contributed by atoms with E-state index in [0.717, 1.165) is 190 Å². The largest absolute Gasteiger partial charge is 0.385 e. The Kier molecular flexibility index (Phi) is 14.8. The van der Waals surface area contributed by atoms with Gasteiger partial charge in [-0.25, -0.2) is 9.97 Å². The fourth-order valence-corrected chi connectivity index (χ4v) is 9.08. The Hall–Kier alpha value is -7.32. The van der Waals surface area contributed by atoms with Gasteiger partial charge < -0.3 is 31.2 Å². The number of nitrogens with one attached hydrogen (secondary N) is 6. The lowest BCUT2D eigenvalue weighted by molar-refractivity contribution is 0.834. The van der Waals surface area contributed by atoms with E-state index < -0.39 is 0 Å². The van der Waals surface area contributed by atoms with Crippen LogP contribution in [0.15, 0.2) is 121 Å². The number of aromatic nitrogens is 4. The molecule has 0 unspecified atom stereocenters. The third-order valence-corrected chi connectivity index (χ3v) is 12.9. The SMILES string of the molecule is CCCCNc1ccc(-c2c3nc(c(-c4ccc(NCCCC)cc4)c4ccc([nH]4)c(-c4ccc(NCCCC)cc4)c4nc(c(-c5ccc(NCCCC)cc5)c5ccc2[nH]5)C=C4)C=C3)cc1. The Morgan fingerprint density at radius 3 is 0.735 bits per heavy atom. The molecule has 5 heterocycles. The zero-order chi connectivity index (χ0) is 46.7. The first-order valence-corrected chi connectivity index (χ1v) is 25.1. The summed E-state index contributed by atoms with van der Waals surface area (Å²) in [5.74, 6) is 0. The molecule has 0 amide bonds. The molecule has 8 heteroatoms. The highest BCUT2D eigenvalue weighted by Crippen LogP contribution is 2.39. The summed E-state index contributed by atoms with van der Waals surface area (Å²) in [6, 6.07) is 44.0. The molecule has 6 N–H and O–H groups in total. The number of anilines is 4. The molecule has 0 saturated carbocycles. The maximum atomic E-state index is 5.55. The van der Waals surface area contributed by atoms with Crippen molar-refractivity contribution in [1.82, 2.24) is 19.9 Å². The zero-order valence-corrected chi connectivity index (χ0v) is 40.2. The summed E-state index contributed by atoms with van der Waals surface area (Å²) < 4.78 is 0. The van der Waals surface area contributed by atoms with Crippen molar-refractivity contribution in [3.63, 3.8) is 0 Å². The molecule has 9 rings (SSSR count). The maximum Gasteiger partial charge on any atom is 0.0737 e. The lowest BCUT2D eigenvalue weighted by atomic mass is 10.0. The summed E-state index contributed by atoms with van der Waals surface area (Å²) >= 11 is 0. The van der Waals surface area contributed by atoms with Crippen LogP contribution in [0.1, 0.15) is 102 Å². The highest BCUT2D eigenvalue weighted by atomic mass is 14.9. The third kappa shape index (κ3) is 10.5. The molecule has 346 valence electrons. The summed E-state index contributed by atoms with van der Waals surface area (Å²) in [7, 11) is 0. The Bertz CT molecular complexity index is 2620. The van der Waals surface area contributed by atoms with Crippen LogP contribution in [0.25, 0.3) is 90.9 Å². The van der Waals surface area contributed by atoms with Crippen LogP contribution in [0, 0.1) is 0 Å². The topological polar surface area (TPSA) is 105 Å². The zero-order valence-electron chi connectivity index (χ0n) is 40.2. The molecule has 4 aromatic carbocycles. The van der Waals surface area contributed by atoms with E-state index >= 15 is 0 Å². The van der Waals surface area contributed by atoms with Gasteiger partial charge in [0.05, 0.1) is 22.8 Å². The first-order chi connectivity index (χ1) is 33.5. The van der Waals surface area contributed by atoms with Crippen LogP contribution < -0.4 is 21.3 Å². The minimum Gasteiger partial charge on any atom is -0.385 e. The van der Waals surface area contributed by atoms with Crippen LogP contribution >= 0.6 is 0 Å². The number of H-pyrrole nitrogens is 2. The molecule has 2 aliphatic rings. The molecular formula is C60H66N8. The van der Waals surface area contributed by atoms with Gasteiger partial charge >= 0.3 is 0 Å². The predicted molar refractivity (Wildman–Crippen MR) is 294 cm³/mol. The number of hydrogen-bond acceptors (Lipinski definition) is 6.